The molecular formula is C24H24N4O2S3. The second-order valence-electron chi connectivity index (χ2n) is 8.11. The maximum atomic E-state index is 11.8. The first-order valence-corrected chi connectivity index (χ1v) is 14.1. The molecule has 0 fully saturated rings. The standard InChI is InChI=1S/C24H24N4O2S3/c1-15(16-7-5-10-18(13-16)33(25,29)30)26-23-22-19-11-6-12-20(19)32-24(22)28-21(27-23)14-31-17-8-3-2-4-9-17/h2-5,7-10,13,15H,6,11-12,14H2,1H3,(H2,25,29,30)(H,26,27,28)/t15-/m0/s1. The molecule has 170 valence electrons. The van der Waals surface area contributed by atoms with Crippen LogP contribution in [0.5, 0.6) is 0 Å². The van der Waals surface area contributed by atoms with Crippen molar-refractivity contribution in [1.82, 2.24) is 9.97 Å². The van der Waals surface area contributed by atoms with E-state index in [4.69, 9.17) is 15.1 Å². The minimum Gasteiger partial charge on any atom is -0.363 e. The van der Waals surface area contributed by atoms with Crippen molar-refractivity contribution in [2.75, 3.05) is 5.32 Å². The first-order chi connectivity index (χ1) is 15.9. The highest BCUT2D eigenvalue weighted by Crippen LogP contribution is 2.40. The molecule has 1 aliphatic rings. The molecule has 0 saturated carbocycles. The highest BCUT2D eigenvalue weighted by molar-refractivity contribution is 7.98. The van der Waals surface area contributed by atoms with Crippen LogP contribution in [0.2, 0.25) is 0 Å². The number of hydrogen-bond acceptors (Lipinski definition) is 7. The average Bonchev–Trinajstić information content (AvgIpc) is 3.39. The van der Waals surface area contributed by atoms with Gasteiger partial charge in [-0.3, -0.25) is 0 Å². The van der Waals surface area contributed by atoms with Crippen LogP contribution < -0.4 is 10.5 Å². The Morgan fingerprint density at radius 1 is 1.12 bits per heavy atom. The highest BCUT2D eigenvalue weighted by atomic mass is 32.2. The van der Waals surface area contributed by atoms with E-state index in [0.717, 1.165) is 46.7 Å². The number of rotatable bonds is 7. The van der Waals surface area contributed by atoms with E-state index in [1.165, 1.54) is 21.4 Å². The van der Waals surface area contributed by atoms with E-state index in [0.29, 0.717) is 5.75 Å². The van der Waals surface area contributed by atoms with Crippen molar-refractivity contribution in [2.24, 2.45) is 5.14 Å². The summed E-state index contributed by atoms with van der Waals surface area (Å²) in [5.74, 6) is 2.27. The SMILES string of the molecule is C[C@H](Nc1nc(CSc2ccccc2)nc2sc3c(c12)CCC3)c1cccc(S(N)(=O)=O)c1. The largest absolute Gasteiger partial charge is 0.363 e. The Balaban J connectivity index is 1.49. The molecule has 1 atom stereocenters. The third-order valence-electron chi connectivity index (χ3n) is 5.76. The van der Waals surface area contributed by atoms with E-state index >= 15 is 0 Å². The molecule has 0 saturated heterocycles. The van der Waals surface area contributed by atoms with Gasteiger partial charge in [0.05, 0.1) is 22.1 Å². The molecule has 0 unspecified atom stereocenters. The Kier molecular flexibility index (Phi) is 6.13. The topological polar surface area (TPSA) is 98.0 Å². The third kappa shape index (κ3) is 4.77. The highest BCUT2D eigenvalue weighted by Gasteiger charge is 2.23. The summed E-state index contributed by atoms with van der Waals surface area (Å²) in [5.41, 5.74) is 2.19. The molecule has 6 nitrogen and oxygen atoms in total. The van der Waals surface area contributed by atoms with Crippen LogP contribution in [0.15, 0.2) is 64.4 Å². The van der Waals surface area contributed by atoms with Gasteiger partial charge in [-0.15, -0.1) is 23.1 Å². The van der Waals surface area contributed by atoms with Crippen LogP contribution in [-0.2, 0) is 28.6 Å². The monoisotopic (exact) mass is 496 g/mol. The van der Waals surface area contributed by atoms with E-state index in [1.54, 1.807) is 35.2 Å². The molecule has 9 heteroatoms. The van der Waals surface area contributed by atoms with Crippen molar-refractivity contribution in [3.63, 3.8) is 0 Å². The molecular weight excluding hydrogens is 472 g/mol. The first kappa shape index (κ1) is 22.3. The summed E-state index contributed by atoms with van der Waals surface area (Å²) in [7, 11) is -3.76. The van der Waals surface area contributed by atoms with Crippen LogP contribution in [0, 0.1) is 0 Å². The fraction of sp³-hybridized carbons (Fsp3) is 0.250. The van der Waals surface area contributed by atoms with Crippen molar-refractivity contribution < 1.29 is 8.42 Å². The number of benzene rings is 2. The predicted octanol–water partition coefficient (Wildman–Crippen LogP) is 5.29. The summed E-state index contributed by atoms with van der Waals surface area (Å²) in [4.78, 5) is 13.5. The molecule has 2 aromatic heterocycles. The third-order valence-corrected chi connectivity index (χ3v) is 8.87. The predicted molar refractivity (Wildman–Crippen MR) is 135 cm³/mol. The number of thiophene rings is 1. The molecule has 0 spiro atoms. The zero-order valence-corrected chi connectivity index (χ0v) is 20.6. The van der Waals surface area contributed by atoms with Crippen LogP contribution in [0.1, 0.15) is 41.2 Å². The van der Waals surface area contributed by atoms with Gasteiger partial charge in [-0.1, -0.05) is 30.3 Å². The zero-order valence-electron chi connectivity index (χ0n) is 18.1. The number of hydrogen-bond donors (Lipinski definition) is 2. The van der Waals surface area contributed by atoms with E-state index in [9.17, 15) is 8.42 Å². The van der Waals surface area contributed by atoms with Crippen molar-refractivity contribution >= 4 is 49.2 Å². The number of aromatic nitrogens is 2. The maximum Gasteiger partial charge on any atom is 0.238 e. The summed E-state index contributed by atoms with van der Waals surface area (Å²) in [6, 6.07) is 16.8. The summed E-state index contributed by atoms with van der Waals surface area (Å²) in [5, 5.41) is 9.98. The van der Waals surface area contributed by atoms with Gasteiger partial charge >= 0.3 is 0 Å². The van der Waals surface area contributed by atoms with Crippen LogP contribution >= 0.6 is 23.1 Å². The zero-order chi connectivity index (χ0) is 23.0. The lowest BCUT2D eigenvalue weighted by atomic mass is 10.1. The van der Waals surface area contributed by atoms with Gasteiger partial charge < -0.3 is 5.32 Å². The smallest absolute Gasteiger partial charge is 0.238 e. The van der Waals surface area contributed by atoms with Gasteiger partial charge in [0, 0.05) is 9.77 Å². The Hall–Kier alpha value is -2.46. The number of nitrogens with one attached hydrogen (secondary N) is 1. The molecule has 2 heterocycles. The summed E-state index contributed by atoms with van der Waals surface area (Å²) >= 11 is 3.48. The Morgan fingerprint density at radius 3 is 2.73 bits per heavy atom. The van der Waals surface area contributed by atoms with Crippen molar-refractivity contribution in [1.29, 1.82) is 0 Å². The molecule has 1 aliphatic carbocycles. The number of anilines is 1. The van der Waals surface area contributed by atoms with Gasteiger partial charge in [-0.05, 0) is 61.6 Å². The lowest BCUT2D eigenvalue weighted by Gasteiger charge is -2.17. The second kappa shape index (κ2) is 9.06. The molecule has 0 aliphatic heterocycles. The molecule has 0 amide bonds. The second-order valence-corrected chi connectivity index (χ2v) is 11.8. The molecule has 4 aromatic rings. The van der Waals surface area contributed by atoms with Crippen LogP contribution in [0.25, 0.3) is 10.2 Å². The number of aryl methyl sites for hydroxylation is 2. The Labute approximate surface area is 201 Å². The van der Waals surface area contributed by atoms with Gasteiger partial charge in [0.25, 0.3) is 0 Å². The number of fused-ring (bicyclic) bond motifs is 3. The van der Waals surface area contributed by atoms with E-state index < -0.39 is 10.0 Å². The van der Waals surface area contributed by atoms with Gasteiger partial charge in [0.1, 0.15) is 16.5 Å². The minimum absolute atomic E-state index is 0.109. The number of sulfonamides is 1. The van der Waals surface area contributed by atoms with E-state index in [2.05, 4.69) is 17.4 Å². The summed E-state index contributed by atoms with van der Waals surface area (Å²) in [6.07, 6.45) is 3.30. The van der Waals surface area contributed by atoms with Crippen LogP contribution in [-0.4, -0.2) is 18.4 Å². The lowest BCUT2D eigenvalue weighted by molar-refractivity contribution is 0.597. The van der Waals surface area contributed by atoms with Crippen molar-refractivity contribution in [3.8, 4) is 0 Å². The molecule has 5 rings (SSSR count). The number of thioether (sulfide) groups is 1. The van der Waals surface area contributed by atoms with Gasteiger partial charge in [-0.25, -0.2) is 23.5 Å². The minimum atomic E-state index is -3.76. The lowest BCUT2D eigenvalue weighted by Crippen LogP contribution is -2.14. The molecule has 0 bridgehead atoms. The van der Waals surface area contributed by atoms with Gasteiger partial charge in [0.2, 0.25) is 10.0 Å². The van der Waals surface area contributed by atoms with Gasteiger partial charge in [0.15, 0.2) is 0 Å². The molecule has 3 N–H and O–H groups in total. The first-order valence-electron chi connectivity index (χ1n) is 10.8. The molecule has 33 heavy (non-hydrogen) atoms. The maximum absolute atomic E-state index is 11.8. The normalized spacial score (nSPS) is 14.4. The van der Waals surface area contributed by atoms with Gasteiger partial charge in [-0.2, -0.15) is 0 Å². The number of nitrogens with zero attached hydrogens (tertiary/aromatic N) is 2. The van der Waals surface area contributed by atoms with E-state index in [1.807, 2.05) is 31.2 Å². The van der Waals surface area contributed by atoms with E-state index in [-0.39, 0.29) is 10.9 Å². The fourth-order valence-electron chi connectivity index (χ4n) is 4.12. The summed E-state index contributed by atoms with van der Waals surface area (Å²) < 4.78 is 23.6. The summed E-state index contributed by atoms with van der Waals surface area (Å²) in [6.45, 7) is 2.00. The van der Waals surface area contributed by atoms with Crippen LogP contribution in [0.4, 0.5) is 5.82 Å². The average molecular weight is 497 g/mol. The fourth-order valence-corrected chi connectivity index (χ4v) is 6.75. The van der Waals surface area contributed by atoms with Crippen LogP contribution in [0.3, 0.4) is 0 Å². The quantitative estimate of drug-likeness (QED) is 0.337. The molecule has 0 radical (unpaired) electrons. The Morgan fingerprint density at radius 2 is 1.94 bits per heavy atom. The van der Waals surface area contributed by atoms with Crippen molar-refractivity contribution in [2.45, 2.75) is 47.8 Å². The Bertz CT molecular complexity index is 1420. The number of primary sulfonamides is 1. The van der Waals surface area contributed by atoms with Crippen molar-refractivity contribution in [3.05, 3.63) is 76.4 Å². The molecule has 2 aromatic carbocycles. The number of nitrogens with two attached hydrogens (primary N) is 1.